The minimum Gasteiger partial charge on any atom is -0.444 e. The Morgan fingerprint density at radius 2 is 1.67 bits per heavy atom. The van der Waals surface area contributed by atoms with Gasteiger partial charge < -0.3 is 9.47 Å². The van der Waals surface area contributed by atoms with Crippen molar-refractivity contribution in [3.63, 3.8) is 0 Å². The number of hydrogen-bond donors (Lipinski definition) is 0. The number of carbonyl (C=O) groups is 1. The van der Waals surface area contributed by atoms with Gasteiger partial charge in [-0.1, -0.05) is 60.7 Å². The van der Waals surface area contributed by atoms with Crippen molar-refractivity contribution in [2.75, 3.05) is 19.8 Å². The number of ether oxygens (including phenoxy) is 2. The van der Waals surface area contributed by atoms with E-state index in [1.165, 1.54) is 0 Å². The fraction of sp³-hybridized carbons (Fsp3) is 0.296. The Kier molecular flexibility index (Phi) is 6.84. The Morgan fingerprint density at radius 3 is 2.27 bits per heavy atom. The summed E-state index contributed by atoms with van der Waals surface area (Å²) in [6.45, 7) is 6.93. The molecular weight excluding hydrogens is 414 g/mol. The van der Waals surface area contributed by atoms with Gasteiger partial charge in [-0.05, 0) is 32.4 Å². The number of hydrogen-bond acceptors (Lipinski definition) is 5. The van der Waals surface area contributed by atoms with Crippen molar-refractivity contribution in [2.24, 2.45) is 4.99 Å². The monoisotopic (exact) mass is 443 g/mol. The summed E-state index contributed by atoms with van der Waals surface area (Å²) in [5.41, 5.74) is 3.91. The molecule has 0 aliphatic carbocycles. The van der Waals surface area contributed by atoms with Gasteiger partial charge in [0.15, 0.2) is 0 Å². The van der Waals surface area contributed by atoms with E-state index in [0.29, 0.717) is 25.4 Å². The van der Waals surface area contributed by atoms with Crippen LogP contribution in [0.1, 0.15) is 43.5 Å². The second-order valence-electron chi connectivity index (χ2n) is 8.93. The standard InChI is InChI=1S/C27H29N3O3/c1-27(2,3)33-26(31)30-14-15-32-19-24(30)22-16-23(18-28-17-22)29-25(20-10-6-4-7-11-20)21-12-8-5-9-13-21/h4-13,16-18,24H,14-15,19H2,1-3H3. The number of benzene rings is 2. The smallest absolute Gasteiger partial charge is 0.410 e. The van der Waals surface area contributed by atoms with Crippen molar-refractivity contribution in [1.29, 1.82) is 0 Å². The van der Waals surface area contributed by atoms with Gasteiger partial charge in [0, 0.05) is 23.9 Å². The maximum atomic E-state index is 12.8. The van der Waals surface area contributed by atoms with Crippen LogP contribution >= 0.6 is 0 Å². The Balaban J connectivity index is 1.68. The fourth-order valence-corrected chi connectivity index (χ4v) is 3.72. The maximum Gasteiger partial charge on any atom is 0.410 e. The van der Waals surface area contributed by atoms with Gasteiger partial charge >= 0.3 is 6.09 Å². The Hall–Kier alpha value is -3.51. The van der Waals surface area contributed by atoms with Crippen molar-refractivity contribution < 1.29 is 14.3 Å². The molecule has 0 radical (unpaired) electrons. The zero-order valence-corrected chi connectivity index (χ0v) is 19.3. The zero-order chi connectivity index (χ0) is 23.3. The molecule has 6 heteroatoms. The molecule has 2 aromatic carbocycles. The molecule has 1 aliphatic heterocycles. The molecule has 1 unspecified atom stereocenters. The van der Waals surface area contributed by atoms with E-state index in [1.54, 1.807) is 17.3 Å². The summed E-state index contributed by atoms with van der Waals surface area (Å²) in [6.07, 6.45) is 3.15. The lowest BCUT2D eigenvalue weighted by Crippen LogP contribution is -2.45. The highest BCUT2D eigenvalue weighted by Crippen LogP contribution is 2.28. The summed E-state index contributed by atoms with van der Waals surface area (Å²) >= 11 is 0. The molecule has 0 N–H and O–H groups in total. The molecule has 170 valence electrons. The third kappa shape index (κ3) is 5.84. The molecule has 0 bridgehead atoms. The maximum absolute atomic E-state index is 12.8. The largest absolute Gasteiger partial charge is 0.444 e. The number of pyridine rings is 1. The van der Waals surface area contributed by atoms with Crippen LogP contribution in [0.25, 0.3) is 0 Å². The van der Waals surface area contributed by atoms with E-state index >= 15 is 0 Å². The van der Waals surface area contributed by atoms with Crippen LogP contribution in [-0.4, -0.2) is 47.0 Å². The van der Waals surface area contributed by atoms with Crippen LogP contribution in [0.3, 0.4) is 0 Å². The van der Waals surface area contributed by atoms with Crippen molar-refractivity contribution in [1.82, 2.24) is 9.88 Å². The minimum atomic E-state index is -0.565. The summed E-state index contributed by atoms with van der Waals surface area (Å²) < 4.78 is 11.3. The number of morpholine rings is 1. The van der Waals surface area contributed by atoms with Gasteiger partial charge in [0.05, 0.1) is 36.9 Å². The van der Waals surface area contributed by atoms with E-state index in [-0.39, 0.29) is 12.1 Å². The van der Waals surface area contributed by atoms with Crippen LogP contribution in [0, 0.1) is 0 Å². The number of nitrogens with zero attached hydrogens (tertiary/aromatic N) is 3. The third-order valence-corrected chi connectivity index (χ3v) is 5.22. The Bertz CT molecular complexity index is 1070. The number of rotatable bonds is 4. The summed E-state index contributed by atoms with van der Waals surface area (Å²) in [5, 5.41) is 0. The van der Waals surface area contributed by atoms with Gasteiger partial charge in [0.1, 0.15) is 5.60 Å². The van der Waals surface area contributed by atoms with Gasteiger partial charge in [0.25, 0.3) is 0 Å². The van der Waals surface area contributed by atoms with E-state index in [2.05, 4.69) is 4.98 Å². The number of aliphatic imine (C=N–C) groups is 1. The zero-order valence-electron chi connectivity index (χ0n) is 19.3. The molecule has 0 saturated carbocycles. The molecule has 1 aromatic heterocycles. The molecule has 1 aliphatic rings. The average molecular weight is 444 g/mol. The fourth-order valence-electron chi connectivity index (χ4n) is 3.72. The van der Waals surface area contributed by atoms with Gasteiger partial charge in [-0.3, -0.25) is 9.88 Å². The molecule has 1 fully saturated rings. The first-order valence-corrected chi connectivity index (χ1v) is 11.1. The van der Waals surface area contributed by atoms with Gasteiger partial charge in [-0.2, -0.15) is 0 Å². The molecule has 3 aromatic rings. The molecule has 33 heavy (non-hydrogen) atoms. The highest BCUT2D eigenvalue weighted by atomic mass is 16.6. The predicted octanol–water partition coefficient (Wildman–Crippen LogP) is 5.56. The molecule has 4 rings (SSSR count). The van der Waals surface area contributed by atoms with Crippen LogP contribution in [0.15, 0.2) is 84.1 Å². The summed E-state index contributed by atoms with van der Waals surface area (Å²) in [7, 11) is 0. The van der Waals surface area contributed by atoms with E-state index < -0.39 is 5.60 Å². The van der Waals surface area contributed by atoms with Gasteiger partial charge in [-0.25, -0.2) is 9.79 Å². The SMILES string of the molecule is CC(C)(C)OC(=O)N1CCOCC1c1cncc(N=C(c2ccccc2)c2ccccc2)c1. The molecule has 1 amide bonds. The first kappa shape index (κ1) is 22.7. The molecular formula is C27H29N3O3. The number of aromatic nitrogens is 1. The average Bonchev–Trinajstić information content (AvgIpc) is 2.83. The summed E-state index contributed by atoms with van der Waals surface area (Å²) in [4.78, 5) is 23.9. The highest BCUT2D eigenvalue weighted by molar-refractivity contribution is 6.13. The van der Waals surface area contributed by atoms with E-state index in [9.17, 15) is 4.79 Å². The van der Waals surface area contributed by atoms with Crippen molar-refractivity contribution in [3.8, 4) is 0 Å². The van der Waals surface area contributed by atoms with Crippen LogP contribution < -0.4 is 0 Å². The lowest BCUT2D eigenvalue weighted by atomic mass is 10.0. The Labute approximate surface area is 194 Å². The lowest BCUT2D eigenvalue weighted by Gasteiger charge is -2.36. The quantitative estimate of drug-likeness (QED) is 0.495. The number of carbonyl (C=O) groups excluding carboxylic acids is 1. The predicted molar refractivity (Wildman–Crippen MR) is 129 cm³/mol. The third-order valence-electron chi connectivity index (χ3n) is 5.22. The highest BCUT2D eigenvalue weighted by Gasteiger charge is 2.32. The topological polar surface area (TPSA) is 64.0 Å². The first-order chi connectivity index (χ1) is 15.9. The first-order valence-electron chi connectivity index (χ1n) is 11.1. The Morgan fingerprint density at radius 1 is 1.03 bits per heavy atom. The van der Waals surface area contributed by atoms with Crippen LogP contribution in [0.5, 0.6) is 0 Å². The van der Waals surface area contributed by atoms with E-state index in [4.69, 9.17) is 14.5 Å². The summed E-state index contributed by atoms with van der Waals surface area (Å²) in [5.74, 6) is 0. The lowest BCUT2D eigenvalue weighted by molar-refractivity contribution is -0.0331. The van der Waals surface area contributed by atoms with Crippen molar-refractivity contribution in [2.45, 2.75) is 32.4 Å². The van der Waals surface area contributed by atoms with Crippen LogP contribution in [0.4, 0.5) is 10.5 Å². The van der Waals surface area contributed by atoms with E-state index in [1.807, 2.05) is 87.5 Å². The molecule has 2 heterocycles. The normalized spacial score (nSPS) is 16.2. The number of amides is 1. The van der Waals surface area contributed by atoms with Gasteiger partial charge in [0.2, 0.25) is 0 Å². The van der Waals surface area contributed by atoms with Crippen molar-refractivity contribution in [3.05, 3.63) is 95.8 Å². The van der Waals surface area contributed by atoms with E-state index in [0.717, 1.165) is 22.4 Å². The minimum absolute atomic E-state index is 0.284. The summed E-state index contributed by atoms with van der Waals surface area (Å²) in [6, 6.07) is 21.8. The van der Waals surface area contributed by atoms with Crippen LogP contribution in [-0.2, 0) is 9.47 Å². The molecule has 6 nitrogen and oxygen atoms in total. The van der Waals surface area contributed by atoms with Crippen molar-refractivity contribution >= 4 is 17.5 Å². The second-order valence-corrected chi connectivity index (χ2v) is 8.93. The molecule has 1 saturated heterocycles. The second kappa shape index (κ2) is 9.96. The van der Waals surface area contributed by atoms with Gasteiger partial charge in [-0.15, -0.1) is 0 Å². The van der Waals surface area contributed by atoms with Crippen LogP contribution in [0.2, 0.25) is 0 Å². The molecule has 1 atom stereocenters. The molecule has 0 spiro atoms.